The minimum absolute atomic E-state index is 0.131. The molecule has 1 fully saturated rings. The number of nitrogens with one attached hydrogen (secondary N) is 2. The maximum absolute atomic E-state index is 12.1. The summed E-state index contributed by atoms with van der Waals surface area (Å²) in [4.78, 5) is 24.1. The van der Waals surface area contributed by atoms with Crippen molar-refractivity contribution in [3.63, 3.8) is 0 Å². The number of rotatable bonds is 5. The summed E-state index contributed by atoms with van der Waals surface area (Å²) in [5, 5.41) is 5.69. The zero-order chi connectivity index (χ0) is 16.8. The van der Waals surface area contributed by atoms with Crippen LogP contribution in [0.25, 0.3) is 0 Å². The first-order chi connectivity index (χ1) is 11.7. The molecule has 0 saturated carbocycles. The van der Waals surface area contributed by atoms with Gasteiger partial charge in [-0.3, -0.25) is 9.59 Å². The molecule has 0 unspecified atom stereocenters. The molecule has 3 rings (SSSR count). The van der Waals surface area contributed by atoms with Crippen LogP contribution in [0.5, 0.6) is 0 Å². The van der Waals surface area contributed by atoms with Gasteiger partial charge in [0.2, 0.25) is 0 Å². The fourth-order valence-electron chi connectivity index (χ4n) is 2.59. The Morgan fingerprint density at radius 1 is 1.04 bits per heavy atom. The first kappa shape index (κ1) is 16.2. The van der Waals surface area contributed by atoms with E-state index >= 15 is 0 Å². The van der Waals surface area contributed by atoms with E-state index in [1.54, 1.807) is 24.3 Å². The second kappa shape index (κ2) is 7.75. The van der Waals surface area contributed by atoms with E-state index in [0.29, 0.717) is 24.4 Å². The van der Waals surface area contributed by atoms with E-state index < -0.39 is 0 Å². The largest absolute Gasteiger partial charge is 0.368 e. The molecule has 124 valence electrons. The molecule has 0 radical (unpaired) electrons. The molecular formula is C19H20N2O3. The second-order valence-electron chi connectivity index (χ2n) is 5.74. The number of ether oxygens (including phenoxy) is 1. The number of hydrogen-bond acceptors (Lipinski definition) is 3. The fourth-order valence-corrected chi connectivity index (χ4v) is 2.59. The van der Waals surface area contributed by atoms with Crippen molar-refractivity contribution in [1.82, 2.24) is 5.32 Å². The highest BCUT2D eigenvalue weighted by Crippen LogP contribution is 2.16. The Morgan fingerprint density at radius 2 is 1.79 bits per heavy atom. The van der Waals surface area contributed by atoms with Crippen LogP contribution in [0.1, 0.15) is 28.8 Å². The highest BCUT2D eigenvalue weighted by molar-refractivity contribution is 5.96. The highest BCUT2D eigenvalue weighted by Gasteiger charge is 2.23. The normalized spacial score (nSPS) is 16.6. The molecule has 0 spiro atoms. The Balaban J connectivity index is 1.53. The van der Waals surface area contributed by atoms with E-state index in [1.807, 2.05) is 30.3 Å². The molecule has 1 heterocycles. The van der Waals surface area contributed by atoms with E-state index in [0.717, 1.165) is 18.4 Å². The Kier molecular flexibility index (Phi) is 5.23. The number of carbonyl (C=O) groups excluding carboxylic acids is 2. The van der Waals surface area contributed by atoms with E-state index in [4.69, 9.17) is 4.74 Å². The van der Waals surface area contributed by atoms with Gasteiger partial charge in [0.05, 0.1) is 0 Å². The van der Waals surface area contributed by atoms with Crippen molar-refractivity contribution in [3.05, 3.63) is 65.7 Å². The molecule has 0 bridgehead atoms. The molecule has 2 N–H and O–H groups in total. The number of hydrogen-bond donors (Lipinski definition) is 2. The van der Waals surface area contributed by atoms with Crippen molar-refractivity contribution in [2.75, 3.05) is 11.9 Å². The maximum Gasteiger partial charge on any atom is 0.253 e. The van der Waals surface area contributed by atoms with E-state index in [1.165, 1.54) is 0 Å². The smallest absolute Gasteiger partial charge is 0.253 e. The van der Waals surface area contributed by atoms with Gasteiger partial charge in [0.25, 0.3) is 11.8 Å². The summed E-state index contributed by atoms with van der Waals surface area (Å²) in [6.07, 6.45) is 1.31. The van der Waals surface area contributed by atoms with Crippen molar-refractivity contribution in [1.29, 1.82) is 0 Å². The number of benzene rings is 2. The molecule has 1 saturated heterocycles. The summed E-state index contributed by atoms with van der Waals surface area (Å²) >= 11 is 0. The van der Waals surface area contributed by atoms with E-state index in [9.17, 15) is 9.59 Å². The molecule has 0 aliphatic carbocycles. The lowest BCUT2D eigenvalue weighted by molar-refractivity contribution is -0.124. The van der Waals surface area contributed by atoms with Crippen LogP contribution in [-0.2, 0) is 16.1 Å². The summed E-state index contributed by atoms with van der Waals surface area (Å²) in [6.45, 7) is 1.12. The SMILES string of the molecule is O=C(NCc1ccccc1)c1ccc(NC(=O)[C@H]2CCCO2)cc1. The zero-order valence-corrected chi connectivity index (χ0v) is 13.3. The van der Waals surface area contributed by atoms with E-state index in [-0.39, 0.29) is 17.9 Å². The van der Waals surface area contributed by atoms with Crippen molar-refractivity contribution in [3.8, 4) is 0 Å². The van der Waals surface area contributed by atoms with Gasteiger partial charge in [-0.05, 0) is 42.7 Å². The summed E-state index contributed by atoms with van der Waals surface area (Å²) in [6, 6.07) is 16.6. The maximum atomic E-state index is 12.1. The highest BCUT2D eigenvalue weighted by atomic mass is 16.5. The number of amides is 2. The average molecular weight is 324 g/mol. The zero-order valence-electron chi connectivity index (χ0n) is 13.3. The van der Waals surface area contributed by atoms with Crippen molar-refractivity contribution >= 4 is 17.5 Å². The molecule has 2 aromatic rings. The molecule has 0 aromatic heterocycles. The number of anilines is 1. The quantitative estimate of drug-likeness (QED) is 0.888. The van der Waals surface area contributed by atoms with Crippen LogP contribution in [0.2, 0.25) is 0 Å². The van der Waals surface area contributed by atoms with Crippen LogP contribution >= 0.6 is 0 Å². The van der Waals surface area contributed by atoms with Crippen LogP contribution in [0.3, 0.4) is 0 Å². The Morgan fingerprint density at radius 3 is 2.46 bits per heavy atom. The predicted octanol–water partition coefficient (Wildman–Crippen LogP) is 2.73. The first-order valence-corrected chi connectivity index (χ1v) is 8.07. The Hall–Kier alpha value is -2.66. The summed E-state index contributed by atoms with van der Waals surface area (Å²) < 4.78 is 5.35. The molecule has 1 aliphatic heterocycles. The Bertz CT molecular complexity index is 692. The standard InChI is InChI=1S/C19H20N2O3/c22-18(20-13-14-5-2-1-3-6-14)15-8-10-16(11-9-15)21-19(23)17-7-4-12-24-17/h1-3,5-6,8-11,17H,4,7,12-13H2,(H,20,22)(H,21,23)/t17-/m1/s1. The van der Waals surface area contributed by atoms with Gasteiger partial charge >= 0.3 is 0 Å². The molecule has 2 amide bonds. The van der Waals surface area contributed by atoms with Crippen LogP contribution in [0.15, 0.2) is 54.6 Å². The molecule has 1 aliphatic rings. The third-order valence-electron chi connectivity index (χ3n) is 3.93. The van der Waals surface area contributed by atoms with Gasteiger partial charge in [-0.25, -0.2) is 0 Å². The lowest BCUT2D eigenvalue weighted by Crippen LogP contribution is -2.27. The molecule has 24 heavy (non-hydrogen) atoms. The van der Waals surface area contributed by atoms with Crippen molar-refractivity contribution < 1.29 is 14.3 Å². The third-order valence-corrected chi connectivity index (χ3v) is 3.93. The van der Waals surface area contributed by atoms with Gasteiger partial charge in [0, 0.05) is 24.4 Å². The van der Waals surface area contributed by atoms with Crippen LogP contribution < -0.4 is 10.6 Å². The minimum Gasteiger partial charge on any atom is -0.368 e. The lowest BCUT2D eigenvalue weighted by Gasteiger charge is -2.11. The molecule has 1 atom stereocenters. The van der Waals surface area contributed by atoms with Gasteiger partial charge in [-0.2, -0.15) is 0 Å². The first-order valence-electron chi connectivity index (χ1n) is 8.07. The molecule has 5 heteroatoms. The fraction of sp³-hybridized carbons (Fsp3) is 0.263. The van der Waals surface area contributed by atoms with Gasteiger partial charge in [-0.15, -0.1) is 0 Å². The van der Waals surface area contributed by atoms with Gasteiger partial charge < -0.3 is 15.4 Å². The molecular weight excluding hydrogens is 304 g/mol. The van der Waals surface area contributed by atoms with Crippen molar-refractivity contribution in [2.24, 2.45) is 0 Å². The third kappa shape index (κ3) is 4.20. The van der Waals surface area contributed by atoms with Crippen molar-refractivity contribution in [2.45, 2.75) is 25.5 Å². The monoisotopic (exact) mass is 324 g/mol. The summed E-state index contributed by atoms with van der Waals surface area (Å²) in [5.74, 6) is -0.273. The van der Waals surface area contributed by atoms with Crippen LogP contribution in [0.4, 0.5) is 5.69 Å². The van der Waals surface area contributed by atoms with Gasteiger partial charge in [-0.1, -0.05) is 30.3 Å². The average Bonchev–Trinajstić information content (AvgIpc) is 3.16. The van der Waals surface area contributed by atoms with E-state index in [2.05, 4.69) is 10.6 Å². The summed E-state index contributed by atoms with van der Waals surface area (Å²) in [7, 11) is 0. The van der Waals surface area contributed by atoms with Crippen LogP contribution in [0, 0.1) is 0 Å². The van der Waals surface area contributed by atoms with Gasteiger partial charge in [0.15, 0.2) is 0 Å². The Labute approximate surface area is 141 Å². The minimum atomic E-state index is -0.362. The number of carbonyl (C=O) groups is 2. The lowest BCUT2D eigenvalue weighted by atomic mass is 10.1. The second-order valence-corrected chi connectivity index (χ2v) is 5.74. The molecule has 5 nitrogen and oxygen atoms in total. The van der Waals surface area contributed by atoms with Gasteiger partial charge in [0.1, 0.15) is 6.10 Å². The molecule has 2 aromatic carbocycles. The topological polar surface area (TPSA) is 67.4 Å². The predicted molar refractivity (Wildman–Crippen MR) is 91.7 cm³/mol. The van der Waals surface area contributed by atoms with Crippen LogP contribution in [-0.4, -0.2) is 24.5 Å². The summed E-state index contributed by atoms with van der Waals surface area (Å²) in [5.41, 5.74) is 2.27.